The molecule has 0 aliphatic heterocycles. The molecule has 3 N–H and O–H groups in total. The lowest BCUT2D eigenvalue weighted by Crippen LogP contribution is -2.29. The van der Waals surface area contributed by atoms with Crippen LogP contribution in [0.5, 0.6) is 0 Å². The summed E-state index contributed by atoms with van der Waals surface area (Å²) in [5, 5.41) is 0.809. The molecule has 0 bridgehead atoms. The molecule has 88 valence electrons. The third-order valence-electron chi connectivity index (χ3n) is 3.53. The summed E-state index contributed by atoms with van der Waals surface area (Å²) in [6, 6.07) is 8.14. The van der Waals surface area contributed by atoms with Crippen LogP contribution < -0.4 is 11.3 Å². The van der Waals surface area contributed by atoms with E-state index in [0.29, 0.717) is 0 Å². The Labute approximate surface area is 102 Å². The smallest absolute Gasteiger partial charge is 0.0477 e. The van der Waals surface area contributed by atoms with Gasteiger partial charge in [-0.05, 0) is 24.0 Å². The number of nitrogens with two attached hydrogens (primary N) is 1. The van der Waals surface area contributed by atoms with E-state index >= 15 is 0 Å². The Morgan fingerprint density at radius 1 is 1.31 bits per heavy atom. The first kappa shape index (κ1) is 11.9. The van der Waals surface area contributed by atoms with Gasteiger partial charge in [0, 0.05) is 11.1 Å². The number of hydrogen-bond donors (Lipinski definition) is 2. The summed E-state index contributed by atoms with van der Waals surface area (Å²) in [6.07, 6.45) is 6.50. The van der Waals surface area contributed by atoms with Gasteiger partial charge in [0.25, 0.3) is 0 Å². The first-order valence-electron chi connectivity index (χ1n) is 6.02. The Kier molecular flexibility index (Phi) is 4.22. The van der Waals surface area contributed by atoms with E-state index in [4.69, 9.17) is 17.4 Å². The van der Waals surface area contributed by atoms with Crippen molar-refractivity contribution in [2.45, 2.75) is 38.1 Å². The van der Waals surface area contributed by atoms with Gasteiger partial charge < -0.3 is 0 Å². The summed E-state index contributed by atoms with van der Waals surface area (Å²) in [5.41, 5.74) is 4.03. The van der Waals surface area contributed by atoms with Crippen molar-refractivity contribution in [3.05, 3.63) is 34.9 Å². The molecule has 0 amide bonds. The summed E-state index contributed by atoms with van der Waals surface area (Å²) >= 11 is 6.19. The van der Waals surface area contributed by atoms with Crippen LogP contribution in [0.4, 0.5) is 0 Å². The molecule has 0 aromatic heterocycles. The van der Waals surface area contributed by atoms with Crippen molar-refractivity contribution in [3.8, 4) is 0 Å². The quantitative estimate of drug-likeness (QED) is 0.623. The molecule has 3 heteroatoms. The normalized spacial score (nSPS) is 18.9. The number of hydrazine groups is 1. The fraction of sp³-hybridized carbons (Fsp3) is 0.538. The predicted octanol–water partition coefficient (Wildman–Crippen LogP) is 3.42. The molecule has 0 radical (unpaired) electrons. The second kappa shape index (κ2) is 5.67. The van der Waals surface area contributed by atoms with Crippen molar-refractivity contribution in [1.29, 1.82) is 0 Å². The maximum absolute atomic E-state index is 6.19. The van der Waals surface area contributed by atoms with Crippen molar-refractivity contribution in [2.75, 3.05) is 0 Å². The van der Waals surface area contributed by atoms with Gasteiger partial charge in [0.05, 0.1) is 0 Å². The molecule has 1 unspecified atom stereocenters. The van der Waals surface area contributed by atoms with Crippen LogP contribution in [0.3, 0.4) is 0 Å². The molecule has 1 saturated carbocycles. The zero-order valence-electron chi connectivity index (χ0n) is 9.45. The van der Waals surface area contributed by atoms with Gasteiger partial charge >= 0.3 is 0 Å². The second-order valence-electron chi connectivity index (χ2n) is 4.63. The van der Waals surface area contributed by atoms with Crippen LogP contribution in [0.1, 0.15) is 43.7 Å². The highest BCUT2D eigenvalue weighted by Crippen LogP contribution is 2.34. The van der Waals surface area contributed by atoms with Gasteiger partial charge in [-0.25, -0.2) is 0 Å². The first-order chi connectivity index (χ1) is 7.81. The summed E-state index contributed by atoms with van der Waals surface area (Å²) in [5.74, 6) is 6.45. The van der Waals surface area contributed by atoms with Crippen LogP contribution in [0.25, 0.3) is 0 Å². The van der Waals surface area contributed by atoms with Gasteiger partial charge in [0.15, 0.2) is 0 Å². The molecule has 0 spiro atoms. The first-order valence-corrected chi connectivity index (χ1v) is 6.39. The standard InChI is InChI=1S/C13H19ClN2/c14-12-8-4-3-7-11(12)13(16-15)9-10-5-1-2-6-10/h3-4,7-8,10,13,16H,1-2,5-6,9,15H2. The minimum Gasteiger partial charge on any atom is -0.271 e. The van der Waals surface area contributed by atoms with Crippen LogP contribution in [-0.2, 0) is 0 Å². The second-order valence-corrected chi connectivity index (χ2v) is 5.03. The molecule has 2 rings (SSSR count). The van der Waals surface area contributed by atoms with Crippen LogP contribution >= 0.6 is 11.6 Å². The monoisotopic (exact) mass is 238 g/mol. The number of rotatable bonds is 4. The molecule has 1 aliphatic carbocycles. The topological polar surface area (TPSA) is 38.0 Å². The summed E-state index contributed by atoms with van der Waals surface area (Å²) in [7, 11) is 0. The van der Waals surface area contributed by atoms with E-state index in [-0.39, 0.29) is 6.04 Å². The van der Waals surface area contributed by atoms with E-state index < -0.39 is 0 Å². The SMILES string of the molecule is NNC(CC1CCCC1)c1ccccc1Cl. The van der Waals surface area contributed by atoms with Crippen LogP contribution in [-0.4, -0.2) is 0 Å². The van der Waals surface area contributed by atoms with Crippen LogP contribution in [0, 0.1) is 5.92 Å². The lowest BCUT2D eigenvalue weighted by Gasteiger charge is -2.21. The van der Waals surface area contributed by atoms with E-state index in [1.165, 1.54) is 25.7 Å². The molecule has 1 aromatic carbocycles. The maximum atomic E-state index is 6.19. The summed E-state index contributed by atoms with van der Waals surface area (Å²) < 4.78 is 0. The zero-order valence-corrected chi connectivity index (χ0v) is 10.2. The van der Waals surface area contributed by atoms with E-state index in [1.807, 2.05) is 18.2 Å². The largest absolute Gasteiger partial charge is 0.271 e. The Bertz CT molecular complexity index is 334. The minimum absolute atomic E-state index is 0.191. The predicted molar refractivity (Wildman–Crippen MR) is 68.1 cm³/mol. The van der Waals surface area contributed by atoms with Gasteiger partial charge in [-0.3, -0.25) is 11.3 Å². The Morgan fingerprint density at radius 2 is 2.00 bits per heavy atom. The van der Waals surface area contributed by atoms with Gasteiger partial charge in [-0.15, -0.1) is 0 Å². The molecule has 0 saturated heterocycles. The van der Waals surface area contributed by atoms with Crippen molar-refractivity contribution in [1.82, 2.24) is 5.43 Å². The number of nitrogens with one attached hydrogen (secondary N) is 1. The lowest BCUT2D eigenvalue weighted by molar-refractivity contribution is 0.400. The molecule has 2 nitrogen and oxygen atoms in total. The maximum Gasteiger partial charge on any atom is 0.0477 e. The van der Waals surface area contributed by atoms with Crippen LogP contribution in [0.2, 0.25) is 5.02 Å². The van der Waals surface area contributed by atoms with Gasteiger partial charge in [0.2, 0.25) is 0 Å². The van der Waals surface area contributed by atoms with Crippen molar-refractivity contribution in [3.63, 3.8) is 0 Å². The van der Waals surface area contributed by atoms with Crippen molar-refractivity contribution < 1.29 is 0 Å². The Hall–Kier alpha value is -0.570. The molecular weight excluding hydrogens is 220 g/mol. The number of benzene rings is 1. The van der Waals surface area contributed by atoms with E-state index in [0.717, 1.165) is 22.9 Å². The van der Waals surface area contributed by atoms with Gasteiger partial charge in [0.1, 0.15) is 0 Å². The molecular formula is C13H19ClN2. The van der Waals surface area contributed by atoms with E-state index in [9.17, 15) is 0 Å². The molecule has 1 atom stereocenters. The highest BCUT2D eigenvalue weighted by molar-refractivity contribution is 6.31. The fourth-order valence-corrected chi connectivity index (χ4v) is 2.89. The number of halogens is 1. The van der Waals surface area contributed by atoms with Crippen molar-refractivity contribution in [2.24, 2.45) is 11.8 Å². The molecule has 0 heterocycles. The lowest BCUT2D eigenvalue weighted by atomic mass is 9.94. The van der Waals surface area contributed by atoms with Crippen molar-refractivity contribution >= 4 is 11.6 Å². The van der Waals surface area contributed by atoms with E-state index in [1.54, 1.807) is 0 Å². The highest BCUT2D eigenvalue weighted by atomic mass is 35.5. The average Bonchev–Trinajstić information content (AvgIpc) is 2.80. The molecule has 16 heavy (non-hydrogen) atoms. The third kappa shape index (κ3) is 2.76. The molecule has 1 fully saturated rings. The molecule has 1 aliphatic rings. The fourth-order valence-electron chi connectivity index (χ4n) is 2.62. The zero-order chi connectivity index (χ0) is 11.4. The van der Waals surface area contributed by atoms with Gasteiger partial charge in [-0.1, -0.05) is 55.5 Å². The average molecular weight is 239 g/mol. The summed E-state index contributed by atoms with van der Waals surface area (Å²) in [4.78, 5) is 0. The van der Waals surface area contributed by atoms with Crippen LogP contribution in [0.15, 0.2) is 24.3 Å². The Balaban J connectivity index is 2.06. The number of hydrogen-bond acceptors (Lipinski definition) is 2. The Morgan fingerprint density at radius 3 is 2.62 bits per heavy atom. The van der Waals surface area contributed by atoms with E-state index in [2.05, 4.69) is 11.5 Å². The minimum atomic E-state index is 0.191. The molecule has 1 aromatic rings. The van der Waals surface area contributed by atoms with Gasteiger partial charge in [-0.2, -0.15) is 0 Å². The summed E-state index contributed by atoms with van der Waals surface area (Å²) in [6.45, 7) is 0. The third-order valence-corrected chi connectivity index (χ3v) is 3.87. The highest BCUT2D eigenvalue weighted by Gasteiger charge is 2.21.